The summed E-state index contributed by atoms with van der Waals surface area (Å²) in [5, 5.41) is 1.02. The zero-order chi connectivity index (χ0) is 23.4. The summed E-state index contributed by atoms with van der Waals surface area (Å²) < 4.78 is 5.28. The minimum Gasteiger partial charge on any atom is -0.497 e. The van der Waals surface area contributed by atoms with Crippen LogP contribution in [-0.4, -0.2) is 67.2 Å². The van der Waals surface area contributed by atoms with Crippen LogP contribution in [0.15, 0.2) is 30.6 Å². The van der Waals surface area contributed by atoms with E-state index >= 15 is 0 Å². The van der Waals surface area contributed by atoms with Gasteiger partial charge in [-0.05, 0) is 50.1 Å². The Morgan fingerprint density at radius 3 is 2.42 bits per heavy atom. The van der Waals surface area contributed by atoms with Gasteiger partial charge in [-0.3, -0.25) is 4.79 Å². The van der Waals surface area contributed by atoms with E-state index in [0.29, 0.717) is 0 Å². The molecule has 1 aromatic carbocycles. The number of piperazine rings is 1. The number of hydrogen-bond donors (Lipinski definition) is 0. The highest BCUT2D eigenvalue weighted by Gasteiger charge is 2.26. The van der Waals surface area contributed by atoms with Gasteiger partial charge >= 0.3 is 0 Å². The molecule has 176 valence electrons. The van der Waals surface area contributed by atoms with Gasteiger partial charge in [-0.1, -0.05) is 13.3 Å². The molecule has 0 radical (unpaired) electrons. The van der Waals surface area contributed by atoms with Gasteiger partial charge in [0.1, 0.15) is 22.7 Å². The molecule has 8 heteroatoms. The van der Waals surface area contributed by atoms with Crippen LogP contribution < -0.4 is 14.5 Å². The van der Waals surface area contributed by atoms with Crippen molar-refractivity contribution in [2.75, 3.05) is 56.2 Å². The fourth-order valence-corrected chi connectivity index (χ4v) is 5.47. The van der Waals surface area contributed by atoms with E-state index in [1.807, 2.05) is 30.9 Å². The SMILES string of the molecule is CCCCN(CC)C(=O)c1sc2ncnc(N3CCN(c4ccc(OC)cc4)CC3)c2c1C. The van der Waals surface area contributed by atoms with Gasteiger partial charge in [0, 0.05) is 45.0 Å². The van der Waals surface area contributed by atoms with E-state index in [1.165, 1.54) is 17.0 Å². The van der Waals surface area contributed by atoms with E-state index < -0.39 is 0 Å². The lowest BCUT2D eigenvalue weighted by atomic mass is 10.1. The quantitative estimate of drug-likeness (QED) is 0.483. The number of fused-ring (bicyclic) bond motifs is 1. The third kappa shape index (κ3) is 4.76. The fourth-order valence-electron chi connectivity index (χ4n) is 4.36. The molecule has 1 aliphatic heterocycles. The molecule has 0 bridgehead atoms. The number of aryl methyl sites for hydroxylation is 1. The number of hydrogen-bond acceptors (Lipinski definition) is 7. The van der Waals surface area contributed by atoms with Crippen LogP contribution in [0.5, 0.6) is 5.75 Å². The topological polar surface area (TPSA) is 61.8 Å². The third-order valence-electron chi connectivity index (χ3n) is 6.37. The van der Waals surface area contributed by atoms with Crippen LogP contribution in [0.2, 0.25) is 0 Å². The highest BCUT2D eigenvalue weighted by molar-refractivity contribution is 7.20. The standard InChI is InChI=1S/C25H33N5O2S/c1-5-7-12-28(6-2)25(31)22-18(3)21-23(26-17-27-24(21)33-22)30-15-13-29(14-16-30)19-8-10-20(32-4)11-9-19/h8-11,17H,5-7,12-16H2,1-4H3. The van der Waals surface area contributed by atoms with Gasteiger partial charge in [0.25, 0.3) is 5.91 Å². The average Bonchev–Trinajstić information content (AvgIpc) is 3.21. The van der Waals surface area contributed by atoms with Crippen molar-refractivity contribution < 1.29 is 9.53 Å². The molecule has 0 aliphatic carbocycles. The normalized spacial score (nSPS) is 14.1. The molecule has 0 spiro atoms. The van der Waals surface area contributed by atoms with Crippen LogP contribution in [0.3, 0.4) is 0 Å². The smallest absolute Gasteiger partial charge is 0.264 e. The lowest BCUT2D eigenvalue weighted by Crippen LogP contribution is -2.46. The Morgan fingerprint density at radius 1 is 1.09 bits per heavy atom. The number of benzene rings is 1. The van der Waals surface area contributed by atoms with Crippen molar-refractivity contribution in [2.24, 2.45) is 0 Å². The second-order valence-corrected chi connectivity index (χ2v) is 9.34. The van der Waals surface area contributed by atoms with Crippen molar-refractivity contribution in [2.45, 2.75) is 33.6 Å². The van der Waals surface area contributed by atoms with Crippen molar-refractivity contribution in [1.82, 2.24) is 14.9 Å². The van der Waals surface area contributed by atoms with Gasteiger partial charge in [0.2, 0.25) is 0 Å². The highest BCUT2D eigenvalue weighted by Crippen LogP contribution is 2.36. The average molecular weight is 468 g/mol. The molecule has 1 fully saturated rings. The summed E-state index contributed by atoms with van der Waals surface area (Å²) in [7, 11) is 1.69. The first-order valence-corrected chi connectivity index (χ1v) is 12.6. The first-order chi connectivity index (χ1) is 16.1. The number of rotatable bonds is 8. The molecule has 0 saturated carbocycles. The van der Waals surface area contributed by atoms with E-state index in [4.69, 9.17) is 4.74 Å². The Labute approximate surface area is 200 Å². The van der Waals surface area contributed by atoms with E-state index in [-0.39, 0.29) is 5.91 Å². The molecule has 3 aromatic rings. The van der Waals surface area contributed by atoms with Crippen LogP contribution in [0.25, 0.3) is 10.2 Å². The molecule has 1 aliphatic rings. The van der Waals surface area contributed by atoms with Gasteiger partial charge in [-0.25, -0.2) is 9.97 Å². The van der Waals surface area contributed by atoms with Crippen LogP contribution in [-0.2, 0) is 0 Å². The van der Waals surface area contributed by atoms with Crippen molar-refractivity contribution >= 4 is 39.0 Å². The molecule has 0 N–H and O–H groups in total. The van der Waals surface area contributed by atoms with Crippen molar-refractivity contribution in [3.8, 4) is 5.75 Å². The Bertz CT molecular complexity index is 1090. The predicted molar refractivity (Wildman–Crippen MR) is 136 cm³/mol. The molecule has 7 nitrogen and oxygen atoms in total. The summed E-state index contributed by atoms with van der Waals surface area (Å²) in [5.74, 6) is 1.93. The monoisotopic (exact) mass is 467 g/mol. The number of methoxy groups -OCH3 is 1. The number of unbranched alkanes of at least 4 members (excludes halogenated alkanes) is 1. The molecule has 0 unspecified atom stereocenters. The lowest BCUT2D eigenvalue weighted by Gasteiger charge is -2.37. The first kappa shape index (κ1) is 23.3. The summed E-state index contributed by atoms with van der Waals surface area (Å²) in [6, 6.07) is 8.22. The molecule has 33 heavy (non-hydrogen) atoms. The summed E-state index contributed by atoms with van der Waals surface area (Å²) in [6.45, 7) is 11.3. The molecule has 1 saturated heterocycles. The number of aromatic nitrogens is 2. The predicted octanol–water partition coefficient (Wildman–Crippen LogP) is 4.60. The minimum absolute atomic E-state index is 0.113. The zero-order valence-corrected chi connectivity index (χ0v) is 20.8. The van der Waals surface area contributed by atoms with E-state index in [0.717, 1.165) is 84.3 Å². The minimum atomic E-state index is 0.113. The van der Waals surface area contributed by atoms with Crippen LogP contribution in [0.1, 0.15) is 41.9 Å². The van der Waals surface area contributed by atoms with E-state index in [1.54, 1.807) is 13.4 Å². The van der Waals surface area contributed by atoms with E-state index in [9.17, 15) is 4.79 Å². The van der Waals surface area contributed by atoms with Gasteiger partial charge in [-0.15, -0.1) is 11.3 Å². The third-order valence-corrected chi connectivity index (χ3v) is 7.56. The number of nitrogens with zero attached hydrogens (tertiary/aromatic N) is 5. The van der Waals surface area contributed by atoms with Gasteiger partial charge in [-0.2, -0.15) is 0 Å². The van der Waals surface area contributed by atoms with Crippen molar-refractivity contribution in [3.63, 3.8) is 0 Å². The lowest BCUT2D eigenvalue weighted by molar-refractivity contribution is 0.0766. The van der Waals surface area contributed by atoms with Gasteiger partial charge < -0.3 is 19.4 Å². The number of amides is 1. The number of anilines is 2. The largest absolute Gasteiger partial charge is 0.497 e. The molecular weight excluding hydrogens is 434 g/mol. The Morgan fingerprint density at radius 2 is 1.79 bits per heavy atom. The summed E-state index contributed by atoms with van der Waals surface area (Å²) in [6.07, 6.45) is 3.73. The molecule has 0 atom stereocenters. The highest BCUT2D eigenvalue weighted by atomic mass is 32.1. The number of carbonyl (C=O) groups is 1. The first-order valence-electron chi connectivity index (χ1n) is 11.7. The van der Waals surface area contributed by atoms with E-state index in [2.05, 4.69) is 38.8 Å². The van der Waals surface area contributed by atoms with Crippen LogP contribution >= 0.6 is 11.3 Å². The van der Waals surface area contributed by atoms with Crippen LogP contribution in [0, 0.1) is 6.92 Å². The van der Waals surface area contributed by atoms with Crippen molar-refractivity contribution in [3.05, 3.63) is 41.0 Å². The van der Waals surface area contributed by atoms with Gasteiger partial charge in [0.15, 0.2) is 0 Å². The molecule has 1 amide bonds. The van der Waals surface area contributed by atoms with Crippen molar-refractivity contribution in [1.29, 1.82) is 0 Å². The van der Waals surface area contributed by atoms with Gasteiger partial charge in [0.05, 0.1) is 17.4 Å². The zero-order valence-electron chi connectivity index (χ0n) is 20.0. The second kappa shape index (κ2) is 10.4. The molecule has 2 aromatic heterocycles. The summed E-state index contributed by atoms with van der Waals surface area (Å²) in [4.78, 5) is 30.8. The fraction of sp³-hybridized carbons (Fsp3) is 0.480. The summed E-state index contributed by atoms with van der Waals surface area (Å²) in [5.41, 5.74) is 2.21. The maximum Gasteiger partial charge on any atom is 0.264 e. The molecule has 3 heterocycles. The number of ether oxygens (including phenoxy) is 1. The second-order valence-electron chi connectivity index (χ2n) is 8.34. The molecule has 4 rings (SSSR count). The van der Waals surface area contributed by atoms with Crippen LogP contribution in [0.4, 0.5) is 11.5 Å². The maximum atomic E-state index is 13.3. The summed E-state index contributed by atoms with van der Waals surface area (Å²) >= 11 is 1.50. The maximum absolute atomic E-state index is 13.3. The molecular formula is C25H33N5O2S. The number of carbonyl (C=O) groups excluding carboxylic acids is 1. The Kier molecular flexibility index (Phi) is 7.33. The Balaban J connectivity index is 1.54. The Hall–Kier alpha value is -2.87. The number of thiophene rings is 1.